The predicted octanol–water partition coefficient (Wildman–Crippen LogP) is 1.51. The molecule has 2 atom stereocenters. The summed E-state index contributed by atoms with van der Waals surface area (Å²) in [4.78, 5) is 2.44. The predicted molar refractivity (Wildman–Crippen MR) is 70.7 cm³/mol. The molecule has 2 heterocycles. The first-order valence-electron chi connectivity index (χ1n) is 6.54. The third-order valence-corrected chi connectivity index (χ3v) is 4.03. The van der Waals surface area contributed by atoms with Gasteiger partial charge in [-0.05, 0) is 31.3 Å². The molecule has 18 heavy (non-hydrogen) atoms. The molecule has 2 bridgehead atoms. The zero-order chi connectivity index (χ0) is 12.5. The smallest absolute Gasteiger partial charge is 0.119 e. The topological polar surface area (TPSA) is 47.7 Å². The summed E-state index contributed by atoms with van der Waals surface area (Å²) in [5.74, 6) is 0.915. The quantitative estimate of drug-likeness (QED) is 0.806. The summed E-state index contributed by atoms with van der Waals surface area (Å²) >= 11 is 0. The lowest BCUT2D eigenvalue weighted by Gasteiger charge is -2.46. The van der Waals surface area contributed by atoms with E-state index in [2.05, 4.69) is 11.9 Å². The Morgan fingerprint density at radius 2 is 1.78 bits per heavy atom. The van der Waals surface area contributed by atoms with E-state index < -0.39 is 0 Å². The van der Waals surface area contributed by atoms with E-state index in [0.29, 0.717) is 18.2 Å². The minimum absolute atomic E-state index is 0.295. The normalized spacial score (nSPS) is 32.2. The van der Waals surface area contributed by atoms with Gasteiger partial charge in [0.15, 0.2) is 0 Å². The fourth-order valence-electron chi connectivity index (χ4n) is 2.88. The van der Waals surface area contributed by atoms with Crippen molar-refractivity contribution in [1.29, 1.82) is 0 Å². The van der Waals surface area contributed by atoms with E-state index >= 15 is 0 Å². The van der Waals surface area contributed by atoms with Crippen molar-refractivity contribution in [3.8, 4) is 5.75 Å². The molecule has 2 unspecified atom stereocenters. The fourth-order valence-corrected chi connectivity index (χ4v) is 2.88. The summed E-state index contributed by atoms with van der Waals surface area (Å²) in [6.45, 7) is 1.66. The van der Waals surface area contributed by atoms with Crippen LogP contribution in [0, 0.1) is 0 Å². The van der Waals surface area contributed by atoms with Crippen molar-refractivity contribution >= 4 is 5.69 Å². The largest absolute Gasteiger partial charge is 0.490 e. The molecule has 2 fully saturated rings. The second-order valence-corrected chi connectivity index (χ2v) is 5.29. The van der Waals surface area contributed by atoms with Crippen molar-refractivity contribution in [1.82, 2.24) is 4.90 Å². The molecule has 2 saturated heterocycles. The summed E-state index contributed by atoms with van der Waals surface area (Å²) < 4.78 is 11.7. The number of morpholine rings is 1. The van der Waals surface area contributed by atoms with Crippen LogP contribution in [0.3, 0.4) is 0 Å². The molecule has 0 aliphatic carbocycles. The number of nitrogens with zero attached hydrogens (tertiary/aromatic N) is 1. The van der Waals surface area contributed by atoms with Crippen LogP contribution in [-0.4, -0.2) is 43.3 Å². The van der Waals surface area contributed by atoms with E-state index in [1.165, 1.54) is 0 Å². The third kappa shape index (κ3) is 2.31. The Labute approximate surface area is 108 Å². The van der Waals surface area contributed by atoms with Crippen LogP contribution >= 0.6 is 0 Å². The fraction of sp³-hybridized carbons (Fsp3) is 0.571. The van der Waals surface area contributed by atoms with Crippen molar-refractivity contribution in [2.45, 2.75) is 31.0 Å². The molecule has 4 nitrogen and oxygen atoms in total. The Hall–Kier alpha value is -1.26. The Bertz CT molecular complexity index is 393. The lowest BCUT2D eigenvalue weighted by molar-refractivity contribution is -0.0879. The molecule has 2 aliphatic heterocycles. The number of likely N-dealkylation sites (N-methyl/N-ethyl adjacent to an activating group) is 1. The number of nitrogen functional groups attached to an aromatic ring is 1. The van der Waals surface area contributed by atoms with Gasteiger partial charge in [-0.15, -0.1) is 0 Å². The van der Waals surface area contributed by atoms with E-state index in [4.69, 9.17) is 15.2 Å². The number of piperidine rings is 1. The molecule has 98 valence electrons. The van der Waals surface area contributed by atoms with Crippen LogP contribution in [0.25, 0.3) is 0 Å². The Balaban J connectivity index is 1.66. The SMILES string of the molecule is CN1C2COCC1CC(Oc1ccc(N)cc1)C2. The number of hydrogen-bond donors (Lipinski definition) is 1. The second-order valence-electron chi connectivity index (χ2n) is 5.29. The third-order valence-electron chi connectivity index (χ3n) is 4.03. The molecule has 0 spiro atoms. The number of benzene rings is 1. The van der Waals surface area contributed by atoms with Gasteiger partial charge in [0.25, 0.3) is 0 Å². The highest BCUT2D eigenvalue weighted by atomic mass is 16.5. The van der Waals surface area contributed by atoms with Gasteiger partial charge in [0.1, 0.15) is 11.9 Å². The number of anilines is 1. The molecule has 0 amide bonds. The van der Waals surface area contributed by atoms with Crippen LogP contribution in [0.4, 0.5) is 5.69 Å². The highest BCUT2D eigenvalue weighted by Crippen LogP contribution is 2.29. The van der Waals surface area contributed by atoms with E-state index in [1.54, 1.807) is 0 Å². The van der Waals surface area contributed by atoms with Gasteiger partial charge < -0.3 is 15.2 Å². The number of ether oxygens (including phenoxy) is 2. The molecule has 2 N–H and O–H groups in total. The monoisotopic (exact) mass is 248 g/mol. The van der Waals surface area contributed by atoms with Crippen molar-refractivity contribution in [3.05, 3.63) is 24.3 Å². The van der Waals surface area contributed by atoms with E-state index in [1.807, 2.05) is 24.3 Å². The maximum Gasteiger partial charge on any atom is 0.119 e. The molecule has 0 saturated carbocycles. The first kappa shape index (κ1) is 11.8. The Morgan fingerprint density at radius 3 is 2.39 bits per heavy atom. The minimum Gasteiger partial charge on any atom is -0.490 e. The second kappa shape index (κ2) is 4.78. The maximum atomic E-state index is 6.06. The van der Waals surface area contributed by atoms with Crippen molar-refractivity contribution in [3.63, 3.8) is 0 Å². The van der Waals surface area contributed by atoms with Crippen LogP contribution in [0.1, 0.15) is 12.8 Å². The van der Waals surface area contributed by atoms with Crippen LogP contribution in [0.15, 0.2) is 24.3 Å². The molecule has 1 aromatic carbocycles. The van der Waals surface area contributed by atoms with Crippen LogP contribution in [-0.2, 0) is 4.74 Å². The van der Waals surface area contributed by atoms with Gasteiger partial charge in [-0.25, -0.2) is 0 Å². The molecule has 3 rings (SSSR count). The van der Waals surface area contributed by atoms with Crippen LogP contribution < -0.4 is 10.5 Å². The van der Waals surface area contributed by atoms with E-state index in [9.17, 15) is 0 Å². The molecule has 0 aromatic heterocycles. The maximum absolute atomic E-state index is 6.06. The highest BCUT2D eigenvalue weighted by Gasteiger charge is 2.37. The lowest BCUT2D eigenvalue weighted by atomic mass is 9.92. The number of nitrogens with two attached hydrogens (primary N) is 1. The first-order valence-corrected chi connectivity index (χ1v) is 6.54. The van der Waals surface area contributed by atoms with Crippen LogP contribution in [0.2, 0.25) is 0 Å². The summed E-state index contributed by atoms with van der Waals surface area (Å²) in [6.07, 6.45) is 2.37. The lowest BCUT2D eigenvalue weighted by Crippen LogP contribution is -2.57. The summed E-state index contributed by atoms with van der Waals surface area (Å²) in [6, 6.07) is 8.65. The Kier molecular flexibility index (Phi) is 3.14. The summed E-state index contributed by atoms with van der Waals surface area (Å²) in [7, 11) is 2.19. The highest BCUT2D eigenvalue weighted by molar-refractivity contribution is 5.41. The first-order chi connectivity index (χ1) is 8.72. The summed E-state index contributed by atoms with van der Waals surface area (Å²) in [5, 5.41) is 0. The van der Waals surface area contributed by atoms with Crippen molar-refractivity contribution in [2.24, 2.45) is 0 Å². The average molecular weight is 248 g/mol. The van der Waals surface area contributed by atoms with Gasteiger partial charge in [-0.3, -0.25) is 4.90 Å². The molecule has 0 radical (unpaired) electrons. The van der Waals surface area contributed by atoms with Gasteiger partial charge in [-0.2, -0.15) is 0 Å². The van der Waals surface area contributed by atoms with Crippen LogP contribution in [0.5, 0.6) is 5.75 Å². The van der Waals surface area contributed by atoms with Gasteiger partial charge >= 0.3 is 0 Å². The molecule has 2 aliphatic rings. The summed E-state index contributed by atoms with van der Waals surface area (Å²) in [5.41, 5.74) is 6.45. The van der Waals surface area contributed by atoms with Gasteiger partial charge in [-0.1, -0.05) is 0 Å². The van der Waals surface area contributed by atoms with Gasteiger partial charge in [0.2, 0.25) is 0 Å². The van der Waals surface area contributed by atoms with Gasteiger partial charge in [0.05, 0.1) is 13.2 Å². The van der Waals surface area contributed by atoms with E-state index in [0.717, 1.165) is 37.5 Å². The number of fused-ring (bicyclic) bond motifs is 2. The zero-order valence-electron chi connectivity index (χ0n) is 10.7. The van der Waals surface area contributed by atoms with Crippen molar-refractivity contribution < 1.29 is 9.47 Å². The molecule has 4 heteroatoms. The standard InChI is InChI=1S/C14H20N2O2/c1-16-11-6-14(7-12(16)9-17-8-11)18-13-4-2-10(15)3-5-13/h2-5,11-12,14H,6-9,15H2,1H3. The minimum atomic E-state index is 0.295. The average Bonchev–Trinajstić information content (AvgIpc) is 2.33. The zero-order valence-corrected chi connectivity index (χ0v) is 10.7. The molecule has 1 aromatic rings. The van der Waals surface area contributed by atoms with Gasteiger partial charge in [0, 0.05) is 30.6 Å². The molecular formula is C14H20N2O2. The Morgan fingerprint density at radius 1 is 1.17 bits per heavy atom. The number of rotatable bonds is 2. The van der Waals surface area contributed by atoms with Crippen molar-refractivity contribution in [2.75, 3.05) is 26.0 Å². The molecular weight excluding hydrogens is 228 g/mol. The number of hydrogen-bond acceptors (Lipinski definition) is 4. The van der Waals surface area contributed by atoms with E-state index in [-0.39, 0.29) is 0 Å².